The molecule has 0 aromatic heterocycles. The fourth-order valence-electron chi connectivity index (χ4n) is 2.83. The van der Waals surface area contributed by atoms with E-state index in [2.05, 4.69) is 24.2 Å². The van der Waals surface area contributed by atoms with E-state index in [0.29, 0.717) is 18.1 Å². The first-order valence-corrected chi connectivity index (χ1v) is 14.3. The number of hydrogen-bond donors (Lipinski definition) is 4. The molecule has 1 aromatic carbocycles. The predicted octanol–water partition coefficient (Wildman–Crippen LogP) is 5.52. The van der Waals surface area contributed by atoms with Crippen molar-refractivity contribution in [2.45, 2.75) is 39.5 Å². The molecule has 0 saturated heterocycles. The molecule has 0 aliphatic carbocycles. The van der Waals surface area contributed by atoms with Crippen molar-refractivity contribution in [3.8, 4) is 0 Å². The summed E-state index contributed by atoms with van der Waals surface area (Å²) in [4.78, 5) is 27.6. The molecule has 1 amide bonds. The van der Waals surface area contributed by atoms with Crippen LogP contribution in [0, 0.1) is 16.7 Å². The molecule has 0 atom stereocenters. The van der Waals surface area contributed by atoms with E-state index < -0.39 is 12.1 Å². The Bertz CT molecular complexity index is 912. The zero-order valence-electron chi connectivity index (χ0n) is 19.7. The number of benzene rings is 1. The van der Waals surface area contributed by atoms with E-state index in [1.54, 1.807) is 18.2 Å². The standard InChI is InChI=1S/C22H31Cl2N5O4S2/c1-3-6-14(7-4-2)20(30)32-10-12-34-35-13-11-33-22(31)29-21(27)28-19(26)18(25)15-8-5-9-16(23)17(15)24/h5,8-9,14,25H,3-4,6-7,10-13H2,1-2H3,(H4,26,27,28,29,31). The summed E-state index contributed by atoms with van der Waals surface area (Å²) < 4.78 is 10.3. The van der Waals surface area contributed by atoms with Crippen LogP contribution in [0.1, 0.15) is 45.1 Å². The summed E-state index contributed by atoms with van der Waals surface area (Å²) in [5, 5.41) is 18.3. The number of esters is 1. The van der Waals surface area contributed by atoms with E-state index in [1.165, 1.54) is 21.6 Å². The predicted molar refractivity (Wildman–Crippen MR) is 146 cm³/mol. The van der Waals surface area contributed by atoms with Crippen LogP contribution in [-0.2, 0) is 14.3 Å². The Hall–Kier alpha value is -1.95. The van der Waals surface area contributed by atoms with Crippen molar-refractivity contribution >= 4 is 74.4 Å². The maximum absolute atomic E-state index is 12.1. The number of aliphatic imine (C=N–C) groups is 1. The Balaban J connectivity index is 2.25. The highest BCUT2D eigenvalue weighted by atomic mass is 35.5. The first-order chi connectivity index (χ1) is 16.7. The van der Waals surface area contributed by atoms with Crippen molar-refractivity contribution in [1.29, 1.82) is 10.8 Å². The van der Waals surface area contributed by atoms with Gasteiger partial charge in [-0.15, -0.1) is 0 Å². The molecule has 5 N–H and O–H groups in total. The quantitative estimate of drug-likeness (QED) is 0.0764. The molecule has 0 bridgehead atoms. The zero-order chi connectivity index (χ0) is 26.2. The van der Waals surface area contributed by atoms with Gasteiger partial charge in [-0.2, -0.15) is 4.99 Å². The number of hydrogen-bond acceptors (Lipinski definition) is 8. The number of ether oxygens (including phenoxy) is 2. The molecule has 13 heteroatoms. The molecule has 194 valence electrons. The van der Waals surface area contributed by atoms with E-state index in [1.807, 2.05) is 0 Å². The second-order valence-electron chi connectivity index (χ2n) is 7.17. The number of nitrogens with one attached hydrogen (secondary N) is 3. The van der Waals surface area contributed by atoms with Gasteiger partial charge in [0, 0.05) is 17.1 Å². The lowest BCUT2D eigenvalue weighted by Crippen LogP contribution is -2.33. The van der Waals surface area contributed by atoms with Crippen LogP contribution in [0.3, 0.4) is 0 Å². The Morgan fingerprint density at radius 1 is 1.09 bits per heavy atom. The third-order valence-corrected chi connectivity index (χ3v) is 7.58. The normalized spacial score (nSPS) is 11.3. The molecule has 0 unspecified atom stereocenters. The maximum atomic E-state index is 12.1. The van der Waals surface area contributed by atoms with Crippen molar-refractivity contribution < 1.29 is 19.1 Å². The number of rotatable bonds is 14. The van der Waals surface area contributed by atoms with Crippen LogP contribution in [-0.4, -0.2) is 54.3 Å². The molecule has 0 spiro atoms. The number of nitrogens with two attached hydrogens (primary N) is 1. The van der Waals surface area contributed by atoms with E-state index in [9.17, 15) is 9.59 Å². The zero-order valence-corrected chi connectivity index (χ0v) is 22.8. The Morgan fingerprint density at radius 2 is 1.69 bits per heavy atom. The van der Waals surface area contributed by atoms with Crippen molar-refractivity contribution in [3.05, 3.63) is 33.8 Å². The second-order valence-corrected chi connectivity index (χ2v) is 10.7. The topological polar surface area (TPSA) is 151 Å². The van der Waals surface area contributed by atoms with Crippen molar-refractivity contribution in [2.75, 3.05) is 24.7 Å². The summed E-state index contributed by atoms with van der Waals surface area (Å²) in [6.45, 7) is 4.56. The number of amides is 1. The van der Waals surface area contributed by atoms with Gasteiger partial charge in [-0.3, -0.25) is 20.9 Å². The fraction of sp³-hybridized carbons (Fsp3) is 0.500. The average molecular weight is 565 g/mol. The number of carbonyl (C=O) groups excluding carboxylic acids is 2. The molecule has 0 saturated carbocycles. The van der Waals surface area contributed by atoms with Crippen molar-refractivity contribution in [3.63, 3.8) is 0 Å². The molecule has 0 fully saturated rings. The summed E-state index contributed by atoms with van der Waals surface area (Å²) in [5.41, 5.74) is 5.76. The highest BCUT2D eigenvalue weighted by molar-refractivity contribution is 8.76. The van der Waals surface area contributed by atoms with Gasteiger partial charge in [0.1, 0.15) is 18.9 Å². The van der Waals surface area contributed by atoms with Gasteiger partial charge in [0.2, 0.25) is 5.96 Å². The first kappa shape index (κ1) is 31.1. The molecule has 0 heterocycles. The lowest BCUT2D eigenvalue weighted by atomic mass is 9.99. The first-order valence-electron chi connectivity index (χ1n) is 11.0. The molecule has 0 aliphatic heterocycles. The summed E-state index contributed by atoms with van der Waals surface area (Å²) >= 11 is 12.0. The summed E-state index contributed by atoms with van der Waals surface area (Å²) in [5.74, 6) is 0.0989. The molecule has 0 aliphatic rings. The van der Waals surface area contributed by atoms with Gasteiger partial charge < -0.3 is 15.2 Å². The molecule has 9 nitrogen and oxygen atoms in total. The van der Waals surface area contributed by atoms with E-state index >= 15 is 0 Å². The lowest BCUT2D eigenvalue weighted by molar-refractivity contribution is -0.148. The Labute approximate surface area is 223 Å². The third-order valence-electron chi connectivity index (χ3n) is 4.43. The summed E-state index contributed by atoms with van der Waals surface area (Å²) in [6, 6.07) is 4.71. The van der Waals surface area contributed by atoms with Gasteiger partial charge in [0.05, 0.1) is 16.0 Å². The summed E-state index contributed by atoms with van der Waals surface area (Å²) in [6.07, 6.45) is 2.75. The van der Waals surface area contributed by atoms with Crippen LogP contribution in [0.5, 0.6) is 0 Å². The molecule has 35 heavy (non-hydrogen) atoms. The number of alkyl carbamates (subject to hydrolysis) is 1. The van der Waals surface area contributed by atoms with Gasteiger partial charge in [-0.05, 0) is 18.9 Å². The van der Waals surface area contributed by atoms with Crippen LogP contribution < -0.4 is 11.1 Å². The number of carbonyl (C=O) groups is 2. The second kappa shape index (κ2) is 17.5. The number of amidine groups is 1. The SMILES string of the molecule is CCCC(CCC)C(=O)OCCSSCCOC(=O)NC(=N)N=C(N)C(=N)c1cccc(Cl)c1Cl. The van der Waals surface area contributed by atoms with Crippen LogP contribution in [0.2, 0.25) is 10.0 Å². The average Bonchev–Trinajstić information content (AvgIpc) is 2.81. The van der Waals surface area contributed by atoms with Gasteiger partial charge in [-0.25, -0.2) is 4.79 Å². The fourth-order valence-corrected chi connectivity index (χ4v) is 4.88. The minimum atomic E-state index is -0.865. The summed E-state index contributed by atoms with van der Waals surface area (Å²) in [7, 11) is 2.99. The van der Waals surface area contributed by atoms with E-state index in [-0.39, 0.29) is 45.7 Å². The highest BCUT2D eigenvalue weighted by Crippen LogP contribution is 2.26. The maximum Gasteiger partial charge on any atom is 0.414 e. The van der Waals surface area contributed by atoms with Gasteiger partial charge in [-0.1, -0.05) is 83.6 Å². The van der Waals surface area contributed by atoms with Crippen LogP contribution >= 0.6 is 44.8 Å². The van der Waals surface area contributed by atoms with E-state index in [0.717, 1.165) is 25.7 Å². The van der Waals surface area contributed by atoms with Gasteiger partial charge in [0.15, 0.2) is 5.84 Å². The van der Waals surface area contributed by atoms with Gasteiger partial charge in [0.25, 0.3) is 0 Å². The molecular formula is C22H31Cl2N5O4S2. The molecule has 1 aromatic rings. The largest absolute Gasteiger partial charge is 0.465 e. The monoisotopic (exact) mass is 563 g/mol. The van der Waals surface area contributed by atoms with Crippen LogP contribution in [0.4, 0.5) is 4.79 Å². The highest BCUT2D eigenvalue weighted by Gasteiger charge is 2.18. The van der Waals surface area contributed by atoms with Crippen molar-refractivity contribution in [2.24, 2.45) is 16.6 Å². The minimum Gasteiger partial charge on any atom is -0.465 e. The lowest BCUT2D eigenvalue weighted by Gasteiger charge is -2.14. The van der Waals surface area contributed by atoms with Crippen LogP contribution in [0.15, 0.2) is 23.2 Å². The van der Waals surface area contributed by atoms with Crippen LogP contribution in [0.25, 0.3) is 0 Å². The number of nitrogens with zero attached hydrogens (tertiary/aromatic N) is 1. The van der Waals surface area contributed by atoms with Crippen molar-refractivity contribution in [1.82, 2.24) is 5.32 Å². The number of guanidine groups is 1. The minimum absolute atomic E-state index is 0.0202. The number of halogens is 2. The van der Waals surface area contributed by atoms with Gasteiger partial charge >= 0.3 is 12.1 Å². The molecule has 0 radical (unpaired) electrons. The third kappa shape index (κ3) is 12.0. The molecule has 1 rings (SSSR count). The Kier molecular flexibility index (Phi) is 15.5. The molecular weight excluding hydrogens is 533 g/mol. The smallest absolute Gasteiger partial charge is 0.414 e. The Morgan fingerprint density at radius 3 is 2.29 bits per heavy atom. The van der Waals surface area contributed by atoms with E-state index in [4.69, 9.17) is 49.2 Å².